The summed E-state index contributed by atoms with van der Waals surface area (Å²) in [6.45, 7) is 6.13. The lowest BCUT2D eigenvalue weighted by Gasteiger charge is -2.10. The van der Waals surface area contributed by atoms with E-state index in [1.807, 2.05) is 0 Å². The number of halogens is 1. The fraction of sp³-hybridized carbons (Fsp3) is 0.733. The average Bonchev–Trinajstić information content (AvgIpc) is 3.21. The van der Waals surface area contributed by atoms with Gasteiger partial charge in [-0.25, -0.2) is 4.68 Å². The molecule has 1 N–H and O–H groups in total. The minimum Gasteiger partial charge on any atom is -0.383 e. The topological polar surface area (TPSA) is 46.9 Å². The molecule has 1 aromatic rings. The number of nitrogens with zero attached hydrogens (tertiary/aromatic N) is 2. The molecule has 0 spiro atoms. The number of hydrogen-bond acceptors (Lipinski definition) is 3. The zero-order chi connectivity index (χ0) is 14.5. The van der Waals surface area contributed by atoms with E-state index in [0.717, 1.165) is 31.1 Å². The van der Waals surface area contributed by atoms with Crippen LogP contribution in [-0.2, 0) is 6.54 Å². The molecule has 4 nitrogen and oxygen atoms in total. The first-order valence-electron chi connectivity index (χ1n) is 7.57. The Labute approximate surface area is 129 Å². The third-order valence-electron chi connectivity index (χ3n) is 3.64. The zero-order valence-corrected chi connectivity index (χ0v) is 13.9. The van der Waals surface area contributed by atoms with Crippen LogP contribution in [0.5, 0.6) is 0 Å². The van der Waals surface area contributed by atoms with E-state index < -0.39 is 0 Å². The highest BCUT2D eigenvalue weighted by Crippen LogP contribution is 2.30. The van der Waals surface area contributed by atoms with Gasteiger partial charge in [-0.15, -0.1) is 0 Å². The van der Waals surface area contributed by atoms with Gasteiger partial charge in [0.15, 0.2) is 0 Å². The number of hydrogen-bond donors (Lipinski definition) is 1. The van der Waals surface area contributed by atoms with E-state index in [1.165, 1.54) is 25.7 Å². The fourth-order valence-corrected chi connectivity index (χ4v) is 2.61. The third kappa shape index (κ3) is 4.62. The van der Waals surface area contributed by atoms with Gasteiger partial charge in [-0.2, -0.15) is 5.10 Å². The van der Waals surface area contributed by atoms with Gasteiger partial charge in [0.25, 0.3) is 5.56 Å². The Morgan fingerprint density at radius 2 is 2.20 bits per heavy atom. The standard InChI is InChI=1S/C15H24BrN3O/c1-11(2)5-3-4-8-17-13-9-18-19(10-12-6-7-12)15(20)14(13)16/h9,11-12,17H,3-8,10H2,1-2H3. The van der Waals surface area contributed by atoms with Crippen LogP contribution in [0.25, 0.3) is 0 Å². The summed E-state index contributed by atoms with van der Waals surface area (Å²) in [4.78, 5) is 12.1. The predicted molar refractivity (Wildman–Crippen MR) is 86.1 cm³/mol. The molecule has 1 heterocycles. The highest BCUT2D eigenvalue weighted by molar-refractivity contribution is 9.10. The molecule has 5 heteroatoms. The van der Waals surface area contributed by atoms with Crippen molar-refractivity contribution in [3.05, 3.63) is 21.0 Å². The van der Waals surface area contributed by atoms with Gasteiger partial charge in [0, 0.05) is 13.1 Å². The molecule has 112 valence electrons. The quantitative estimate of drug-likeness (QED) is 0.734. The Kier molecular flexibility index (Phi) is 5.64. The molecule has 0 aromatic carbocycles. The highest BCUT2D eigenvalue weighted by atomic mass is 79.9. The summed E-state index contributed by atoms with van der Waals surface area (Å²) in [7, 11) is 0. The Morgan fingerprint density at radius 3 is 2.85 bits per heavy atom. The Hall–Kier alpha value is -0.840. The molecule has 0 aliphatic heterocycles. The summed E-state index contributed by atoms with van der Waals surface area (Å²) >= 11 is 3.40. The number of nitrogens with one attached hydrogen (secondary N) is 1. The minimum absolute atomic E-state index is 0.0240. The first-order valence-corrected chi connectivity index (χ1v) is 8.36. The highest BCUT2D eigenvalue weighted by Gasteiger charge is 2.23. The normalized spacial score (nSPS) is 14.8. The molecule has 20 heavy (non-hydrogen) atoms. The molecule has 0 atom stereocenters. The second kappa shape index (κ2) is 7.25. The van der Waals surface area contributed by atoms with Crippen LogP contribution in [0.4, 0.5) is 5.69 Å². The van der Waals surface area contributed by atoms with Gasteiger partial charge in [0.2, 0.25) is 0 Å². The molecule has 1 aromatic heterocycles. The van der Waals surface area contributed by atoms with E-state index in [0.29, 0.717) is 10.4 Å². The lowest BCUT2D eigenvalue weighted by atomic mass is 10.1. The summed E-state index contributed by atoms with van der Waals surface area (Å²) in [6, 6.07) is 0. The van der Waals surface area contributed by atoms with Gasteiger partial charge in [0.1, 0.15) is 4.47 Å². The third-order valence-corrected chi connectivity index (χ3v) is 4.40. The maximum atomic E-state index is 12.1. The van der Waals surface area contributed by atoms with Crippen LogP contribution >= 0.6 is 15.9 Å². The average molecular weight is 342 g/mol. The summed E-state index contributed by atoms with van der Waals surface area (Å²) in [5, 5.41) is 7.56. The van der Waals surface area contributed by atoms with E-state index in [2.05, 4.69) is 40.2 Å². The van der Waals surface area contributed by atoms with Gasteiger partial charge >= 0.3 is 0 Å². The van der Waals surface area contributed by atoms with Crippen molar-refractivity contribution in [1.82, 2.24) is 9.78 Å². The van der Waals surface area contributed by atoms with E-state index >= 15 is 0 Å². The van der Waals surface area contributed by atoms with E-state index in [1.54, 1.807) is 10.9 Å². The number of aromatic nitrogens is 2. The molecule has 0 amide bonds. The van der Waals surface area contributed by atoms with Gasteiger partial charge in [0.05, 0.1) is 11.9 Å². The molecular formula is C15H24BrN3O. The van der Waals surface area contributed by atoms with Crippen LogP contribution in [-0.4, -0.2) is 16.3 Å². The van der Waals surface area contributed by atoms with Crippen molar-refractivity contribution in [2.75, 3.05) is 11.9 Å². The Morgan fingerprint density at radius 1 is 1.45 bits per heavy atom. The Balaban J connectivity index is 1.85. The van der Waals surface area contributed by atoms with Gasteiger partial charge in [-0.3, -0.25) is 4.79 Å². The summed E-state index contributed by atoms with van der Waals surface area (Å²) < 4.78 is 2.18. The maximum Gasteiger partial charge on any atom is 0.283 e. The molecule has 0 bridgehead atoms. The molecule has 2 rings (SSSR count). The second-order valence-electron chi connectivity index (χ2n) is 6.12. The summed E-state index contributed by atoms with van der Waals surface area (Å²) in [6.07, 6.45) is 7.80. The molecule has 1 aliphatic carbocycles. The second-order valence-corrected chi connectivity index (χ2v) is 6.91. The number of anilines is 1. The van der Waals surface area contributed by atoms with Crippen molar-refractivity contribution in [3.63, 3.8) is 0 Å². The predicted octanol–water partition coefficient (Wildman–Crippen LogP) is 3.65. The smallest absolute Gasteiger partial charge is 0.283 e. The molecule has 0 radical (unpaired) electrons. The summed E-state index contributed by atoms with van der Waals surface area (Å²) in [5.74, 6) is 1.41. The van der Waals surface area contributed by atoms with Crippen molar-refractivity contribution >= 4 is 21.6 Å². The number of unbranched alkanes of at least 4 members (excludes halogenated alkanes) is 1. The molecule has 0 unspecified atom stereocenters. The monoisotopic (exact) mass is 341 g/mol. The maximum absolute atomic E-state index is 12.1. The van der Waals surface area contributed by atoms with Gasteiger partial charge < -0.3 is 5.32 Å². The SMILES string of the molecule is CC(C)CCCCNc1cnn(CC2CC2)c(=O)c1Br. The van der Waals surface area contributed by atoms with Gasteiger partial charge in [-0.05, 0) is 47.0 Å². The van der Waals surface area contributed by atoms with Crippen LogP contribution in [0.1, 0.15) is 46.0 Å². The van der Waals surface area contributed by atoms with Crippen molar-refractivity contribution in [3.8, 4) is 0 Å². The van der Waals surface area contributed by atoms with Crippen molar-refractivity contribution in [1.29, 1.82) is 0 Å². The van der Waals surface area contributed by atoms with Crippen LogP contribution in [0.3, 0.4) is 0 Å². The van der Waals surface area contributed by atoms with Gasteiger partial charge in [-0.1, -0.05) is 26.7 Å². The van der Waals surface area contributed by atoms with E-state index in [4.69, 9.17) is 0 Å². The van der Waals surface area contributed by atoms with Crippen LogP contribution in [0.15, 0.2) is 15.5 Å². The van der Waals surface area contributed by atoms with Crippen molar-refractivity contribution in [2.45, 2.75) is 52.5 Å². The summed E-state index contributed by atoms with van der Waals surface area (Å²) in [5.41, 5.74) is 0.788. The fourth-order valence-electron chi connectivity index (χ4n) is 2.16. The van der Waals surface area contributed by atoms with Crippen LogP contribution < -0.4 is 10.9 Å². The molecule has 1 aliphatic rings. The first-order chi connectivity index (χ1) is 9.58. The Bertz CT molecular complexity index is 494. The van der Waals surface area contributed by atoms with E-state index in [-0.39, 0.29) is 5.56 Å². The lowest BCUT2D eigenvalue weighted by Crippen LogP contribution is -2.25. The number of rotatable bonds is 8. The van der Waals surface area contributed by atoms with Crippen LogP contribution in [0, 0.1) is 11.8 Å². The van der Waals surface area contributed by atoms with Crippen molar-refractivity contribution in [2.24, 2.45) is 11.8 Å². The minimum atomic E-state index is -0.0240. The molecule has 1 fully saturated rings. The van der Waals surface area contributed by atoms with E-state index in [9.17, 15) is 4.79 Å². The zero-order valence-electron chi connectivity index (χ0n) is 12.4. The van der Waals surface area contributed by atoms with Crippen molar-refractivity contribution < 1.29 is 0 Å². The molecular weight excluding hydrogens is 318 g/mol. The first kappa shape index (κ1) is 15.5. The molecule has 1 saturated carbocycles. The molecule has 0 saturated heterocycles. The largest absolute Gasteiger partial charge is 0.383 e. The van der Waals surface area contributed by atoms with Crippen LogP contribution in [0.2, 0.25) is 0 Å². The lowest BCUT2D eigenvalue weighted by molar-refractivity contribution is 0.531.